The Morgan fingerprint density at radius 3 is 2.75 bits per heavy atom. The average Bonchev–Trinajstić information content (AvgIpc) is 3.46. The fourth-order valence-electron chi connectivity index (χ4n) is 3.21. The first kappa shape index (κ1) is 21.2. The number of carbonyl (C=O) groups excluding carboxylic acids is 2. The molecule has 1 N–H and O–H groups in total. The quantitative estimate of drug-likeness (QED) is 0.442. The van der Waals surface area contributed by atoms with E-state index in [9.17, 15) is 14.0 Å². The molecule has 0 aliphatic rings. The Hall–Kier alpha value is -4.01. The number of aromatic nitrogens is 3. The number of hydrogen-bond acceptors (Lipinski definition) is 6. The van der Waals surface area contributed by atoms with Gasteiger partial charge in [0.1, 0.15) is 11.5 Å². The van der Waals surface area contributed by atoms with Crippen molar-refractivity contribution in [2.24, 2.45) is 0 Å². The molecule has 0 fully saturated rings. The highest BCUT2D eigenvalue weighted by Gasteiger charge is 2.21. The Morgan fingerprint density at radius 2 is 2.03 bits per heavy atom. The molecule has 1 amide bonds. The second-order valence-electron chi connectivity index (χ2n) is 7.40. The van der Waals surface area contributed by atoms with Gasteiger partial charge in [-0.25, -0.2) is 18.9 Å². The van der Waals surface area contributed by atoms with Gasteiger partial charge >= 0.3 is 5.97 Å². The summed E-state index contributed by atoms with van der Waals surface area (Å²) >= 11 is 0. The first-order chi connectivity index (χ1) is 15.4. The van der Waals surface area contributed by atoms with Gasteiger partial charge < -0.3 is 14.5 Å². The van der Waals surface area contributed by atoms with Crippen molar-refractivity contribution < 1.29 is 23.1 Å². The minimum atomic E-state index is -0.699. The lowest BCUT2D eigenvalue weighted by Crippen LogP contribution is -2.28. The maximum atomic E-state index is 13.7. The molecule has 8 nitrogen and oxygen atoms in total. The maximum Gasteiger partial charge on any atom is 0.339 e. The Morgan fingerprint density at radius 1 is 1.22 bits per heavy atom. The van der Waals surface area contributed by atoms with Crippen LogP contribution in [0.25, 0.3) is 22.5 Å². The molecule has 1 aromatic carbocycles. The van der Waals surface area contributed by atoms with E-state index < -0.39 is 24.3 Å². The van der Waals surface area contributed by atoms with Crippen molar-refractivity contribution in [3.63, 3.8) is 0 Å². The highest BCUT2D eigenvalue weighted by Crippen LogP contribution is 2.27. The van der Waals surface area contributed by atoms with Gasteiger partial charge in [0.2, 0.25) is 0 Å². The predicted octanol–water partition coefficient (Wildman–Crippen LogP) is 3.88. The smallest absolute Gasteiger partial charge is 0.339 e. The minimum Gasteiger partial charge on any atom is -0.463 e. The zero-order valence-electron chi connectivity index (χ0n) is 17.5. The van der Waals surface area contributed by atoms with Crippen molar-refractivity contribution in [1.29, 1.82) is 0 Å². The van der Waals surface area contributed by atoms with E-state index in [2.05, 4.69) is 15.4 Å². The van der Waals surface area contributed by atoms with Crippen molar-refractivity contribution >= 4 is 22.9 Å². The Kier molecular flexibility index (Phi) is 5.98. The van der Waals surface area contributed by atoms with Crippen LogP contribution in [0.1, 0.15) is 35.8 Å². The van der Waals surface area contributed by atoms with E-state index in [0.29, 0.717) is 28.1 Å². The third kappa shape index (κ3) is 4.36. The van der Waals surface area contributed by atoms with Gasteiger partial charge in [0.05, 0.1) is 23.4 Å². The van der Waals surface area contributed by atoms with Crippen LogP contribution in [0.3, 0.4) is 0 Å². The third-order valence-electron chi connectivity index (χ3n) is 4.82. The van der Waals surface area contributed by atoms with Gasteiger partial charge in [-0.3, -0.25) is 4.79 Å². The highest BCUT2D eigenvalue weighted by atomic mass is 19.1. The number of benzene rings is 1. The molecule has 0 saturated carbocycles. The zero-order chi connectivity index (χ0) is 22.7. The van der Waals surface area contributed by atoms with Gasteiger partial charge in [-0.1, -0.05) is 18.2 Å². The summed E-state index contributed by atoms with van der Waals surface area (Å²) in [6.07, 6.45) is 3.06. The normalized spacial score (nSPS) is 11.1. The molecule has 0 bridgehead atoms. The van der Waals surface area contributed by atoms with Gasteiger partial charge in [-0.15, -0.1) is 0 Å². The molecule has 0 aliphatic heterocycles. The maximum absolute atomic E-state index is 13.7. The third-order valence-corrected chi connectivity index (χ3v) is 4.82. The molecule has 32 heavy (non-hydrogen) atoms. The van der Waals surface area contributed by atoms with Crippen LogP contribution in [-0.2, 0) is 16.1 Å². The fraction of sp³-hybridized carbons (Fsp3) is 0.217. The summed E-state index contributed by atoms with van der Waals surface area (Å²) in [4.78, 5) is 29.5. The standard InChI is InChI=1S/C23H21FN4O4/c1-14(2)28-22-17(12-26-28)16(10-19(27-22)20-8-5-9-31-20)23(30)32-13-21(29)25-11-15-6-3-4-7-18(15)24/h3-10,12,14H,11,13H2,1-2H3,(H,25,29). The van der Waals surface area contributed by atoms with Crippen molar-refractivity contribution in [1.82, 2.24) is 20.1 Å². The first-order valence-corrected chi connectivity index (χ1v) is 10.0. The average molecular weight is 436 g/mol. The summed E-state index contributed by atoms with van der Waals surface area (Å²) in [7, 11) is 0. The molecule has 0 radical (unpaired) electrons. The van der Waals surface area contributed by atoms with E-state index in [1.54, 1.807) is 47.3 Å². The van der Waals surface area contributed by atoms with Crippen molar-refractivity contribution in [3.05, 3.63) is 71.9 Å². The monoisotopic (exact) mass is 436 g/mol. The Bertz CT molecular complexity index is 1260. The Balaban J connectivity index is 1.52. The molecule has 0 unspecified atom stereocenters. The fourth-order valence-corrected chi connectivity index (χ4v) is 3.21. The SMILES string of the molecule is CC(C)n1ncc2c(C(=O)OCC(=O)NCc3ccccc3F)cc(-c3ccco3)nc21. The number of fused-ring (bicyclic) bond motifs is 1. The van der Waals surface area contributed by atoms with Crippen molar-refractivity contribution in [3.8, 4) is 11.5 Å². The van der Waals surface area contributed by atoms with Gasteiger partial charge in [-0.2, -0.15) is 5.10 Å². The number of pyridine rings is 1. The number of nitrogens with one attached hydrogen (secondary N) is 1. The molecule has 0 saturated heterocycles. The number of esters is 1. The zero-order valence-corrected chi connectivity index (χ0v) is 17.5. The van der Waals surface area contributed by atoms with Crippen LogP contribution in [0.15, 0.2) is 59.3 Å². The molecule has 0 spiro atoms. The predicted molar refractivity (Wildman–Crippen MR) is 114 cm³/mol. The molecule has 0 atom stereocenters. The number of hydrogen-bond donors (Lipinski definition) is 1. The van der Waals surface area contributed by atoms with Crippen LogP contribution in [0.5, 0.6) is 0 Å². The molecule has 0 aliphatic carbocycles. The topological polar surface area (TPSA) is 99.2 Å². The van der Waals surface area contributed by atoms with Gasteiger partial charge in [0.25, 0.3) is 5.91 Å². The van der Waals surface area contributed by atoms with E-state index in [1.165, 1.54) is 12.3 Å². The number of furan rings is 1. The highest BCUT2D eigenvalue weighted by molar-refractivity contribution is 6.04. The van der Waals surface area contributed by atoms with Crippen LogP contribution in [-0.4, -0.2) is 33.2 Å². The van der Waals surface area contributed by atoms with E-state index in [4.69, 9.17) is 9.15 Å². The summed E-state index contributed by atoms with van der Waals surface area (Å²) < 4.78 is 26.0. The molecule has 4 rings (SSSR count). The molecular weight excluding hydrogens is 415 g/mol. The number of carbonyl (C=O) groups is 2. The summed E-state index contributed by atoms with van der Waals surface area (Å²) in [5.74, 6) is -1.18. The number of nitrogens with zero attached hydrogens (tertiary/aromatic N) is 3. The lowest BCUT2D eigenvalue weighted by Gasteiger charge is -2.10. The first-order valence-electron chi connectivity index (χ1n) is 10.0. The summed E-state index contributed by atoms with van der Waals surface area (Å²) in [5.41, 5.74) is 1.51. The molecule has 3 heterocycles. The van der Waals surface area contributed by atoms with Crippen LogP contribution < -0.4 is 5.32 Å². The largest absolute Gasteiger partial charge is 0.463 e. The molecule has 4 aromatic rings. The van der Waals surface area contributed by atoms with E-state index >= 15 is 0 Å². The molecule has 3 aromatic heterocycles. The van der Waals surface area contributed by atoms with Crippen LogP contribution >= 0.6 is 0 Å². The molecule has 9 heteroatoms. The van der Waals surface area contributed by atoms with Crippen molar-refractivity contribution in [2.75, 3.05) is 6.61 Å². The van der Waals surface area contributed by atoms with Crippen LogP contribution in [0.2, 0.25) is 0 Å². The van der Waals surface area contributed by atoms with E-state index in [1.807, 2.05) is 13.8 Å². The summed E-state index contributed by atoms with van der Waals surface area (Å²) in [5, 5.41) is 7.37. The second kappa shape index (κ2) is 9.01. The Labute approximate surface area is 183 Å². The summed E-state index contributed by atoms with van der Waals surface area (Å²) in [6, 6.07) is 11.1. The van der Waals surface area contributed by atoms with Gasteiger partial charge in [0.15, 0.2) is 18.0 Å². The van der Waals surface area contributed by atoms with E-state index in [-0.39, 0.29) is 18.2 Å². The molecule has 164 valence electrons. The number of amides is 1. The van der Waals surface area contributed by atoms with Crippen molar-refractivity contribution in [2.45, 2.75) is 26.4 Å². The van der Waals surface area contributed by atoms with E-state index in [0.717, 1.165) is 0 Å². The van der Waals surface area contributed by atoms with Crippen LogP contribution in [0, 0.1) is 5.82 Å². The number of rotatable bonds is 7. The van der Waals surface area contributed by atoms with Gasteiger partial charge in [0, 0.05) is 18.2 Å². The number of ether oxygens (including phenoxy) is 1. The van der Waals surface area contributed by atoms with Crippen LogP contribution in [0.4, 0.5) is 4.39 Å². The second-order valence-corrected chi connectivity index (χ2v) is 7.40. The van der Waals surface area contributed by atoms with Gasteiger partial charge in [-0.05, 0) is 38.1 Å². The minimum absolute atomic E-state index is 0.00758. The lowest BCUT2D eigenvalue weighted by atomic mass is 10.1. The molecular formula is C23H21FN4O4. The number of halogens is 1. The lowest BCUT2D eigenvalue weighted by molar-refractivity contribution is -0.124. The summed E-state index contributed by atoms with van der Waals surface area (Å²) in [6.45, 7) is 3.38.